The van der Waals surface area contributed by atoms with E-state index in [4.69, 9.17) is 0 Å². The summed E-state index contributed by atoms with van der Waals surface area (Å²) >= 11 is 0. The molecular weight excluding hydrogens is 192 g/mol. The second-order valence-corrected chi connectivity index (χ2v) is 3.28. The van der Waals surface area contributed by atoms with E-state index in [0.29, 0.717) is 5.57 Å². The molecule has 0 unspecified atom stereocenters. The highest BCUT2D eigenvalue weighted by Gasteiger charge is 2.20. The van der Waals surface area contributed by atoms with Gasteiger partial charge in [-0.3, -0.25) is 0 Å². The fourth-order valence-corrected chi connectivity index (χ4v) is 1.24. The third-order valence-electron chi connectivity index (χ3n) is 2.03. The smallest absolute Gasteiger partial charge is 0.346 e. The lowest BCUT2D eigenvalue weighted by molar-refractivity contribution is -0.150. The first-order valence-corrected chi connectivity index (χ1v) is 4.99. The third kappa shape index (κ3) is 3.94. The number of unbranched alkanes of at least 4 members (excludes halogenated alkanes) is 3. The predicted molar refractivity (Wildman–Crippen MR) is 57.0 cm³/mol. The molecule has 0 spiro atoms. The average Bonchev–Trinajstić information content (AvgIpc) is 2.51. The number of rotatable bonds is 6. The Labute approximate surface area is 89.1 Å². The Morgan fingerprint density at radius 3 is 2.60 bits per heavy atom. The zero-order chi connectivity index (χ0) is 11.1. The van der Waals surface area contributed by atoms with Crippen LogP contribution in [0.3, 0.4) is 0 Å². The zero-order valence-corrected chi connectivity index (χ0v) is 8.57. The summed E-state index contributed by atoms with van der Waals surface area (Å²) in [4.78, 5) is 21.6. The second-order valence-electron chi connectivity index (χ2n) is 3.28. The van der Waals surface area contributed by atoms with Crippen LogP contribution in [0.2, 0.25) is 0 Å². The first-order valence-electron chi connectivity index (χ1n) is 4.99. The van der Waals surface area contributed by atoms with Crippen LogP contribution in [0.15, 0.2) is 36.5 Å². The van der Waals surface area contributed by atoms with Gasteiger partial charge >= 0.3 is 11.9 Å². The van der Waals surface area contributed by atoms with Crippen LogP contribution in [-0.4, -0.2) is 11.9 Å². The van der Waals surface area contributed by atoms with E-state index < -0.39 is 11.9 Å². The maximum Gasteiger partial charge on any atom is 0.346 e. The van der Waals surface area contributed by atoms with Crippen molar-refractivity contribution in [3.8, 4) is 0 Å². The van der Waals surface area contributed by atoms with E-state index in [-0.39, 0.29) is 0 Å². The fourth-order valence-electron chi connectivity index (χ4n) is 1.24. The minimum absolute atomic E-state index is 0.337. The summed E-state index contributed by atoms with van der Waals surface area (Å²) in [5, 5.41) is 0. The number of esters is 2. The van der Waals surface area contributed by atoms with Crippen molar-refractivity contribution in [1.29, 1.82) is 0 Å². The van der Waals surface area contributed by atoms with Gasteiger partial charge in [-0.2, -0.15) is 0 Å². The van der Waals surface area contributed by atoms with Gasteiger partial charge in [0.2, 0.25) is 0 Å². The number of cyclic esters (lactones) is 2. The lowest BCUT2D eigenvalue weighted by atomic mass is 10.1. The Morgan fingerprint density at radius 1 is 1.27 bits per heavy atom. The van der Waals surface area contributed by atoms with Crippen LogP contribution in [0, 0.1) is 0 Å². The second kappa shape index (κ2) is 5.96. The summed E-state index contributed by atoms with van der Waals surface area (Å²) in [5.41, 5.74) is 0.337. The number of hydrogen-bond acceptors (Lipinski definition) is 3. The van der Waals surface area contributed by atoms with Crippen molar-refractivity contribution in [2.24, 2.45) is 0 Å². The molecule has 80 valence electrons. The maximum atomic E-state index is 11.0. The summed E-state index contributed by atoms with van der Waals surface area (Å²) in [7, 11) is 0. The Balaban J connectivity index is 2.26. The minimum Gasteiger partial charge on any atom is -0.386 e. The molecule has 0 aromatic rings. The largest absolute Gasteiger partial charge is 0.386 e. The molecule has 1 heterocycles. The fraction of sp³-hybridized carbons (Fsp3) is 0.333. The van der Waals surface area contributed by atoms with Crippen LogP contribution in [0.25, 0.3) is 0 Å². The van der Waals surface area contributed by atoms with Crippen molar-refractivity contribution in [3.05, 3.63) is 36.5 Å². The van der Waals surface area contributed by atoms with Crippen LogP contribution in [-0.2, 0) is 14.3 Å². The molecule has 1 rings (SSSR count). The van der Waals surface area contributed by atoms with Crippen LogP contribution >= 0.6 is 0 Å². The maximum absolute atomic E-state index is 11.0. The molecule has 0 saturated heterocycles. The molecule has 0 bridgehead atoms. The van der Waals surface area contributed by atoms with Gasteiger partial charge in [-0.15, -0.1) is 6.58 Å². The van der Waals surface area contributed by atoms with E-state index in [1.807, 2.05) is 12.2 Å². The van der Waals surface area contributed by atoms with Crippen LogP contribution in [0.5, 0.6) is 0 Å². The van der Waals surface area contributed by atoms with Crippen LogP contribution < -0.4 is 0 Å². The van der Waals surface area contributed by atoms with Crippen molar-refractivity contribution in [1.82, 2.24) is 0 Å². The number of carbonyl (C=O) groups is 2. The van der Waals surface area contributed by atoms with E-state index in [1.165, 1.54) is 6.08 Å². The molecule has 0 aliphatic carbocycles. The molecule has 0 aromatic carbocycles. The molecule has 0 atom stereocenters. The first kappa shape index (κ1) is 11.4. The molecule has 3 heteroatoms. The molecule has 15 heavy (non-hydrogen) atoms. The quantitative estimate of drug-likeness (QED) is 0.290. The molecule has 0 saturated carbocycles. The van der Waals surface area contributed by atoms with Gasteiger partial charge in [0.05, 0.1) is 5.57 Å². The zero-order valence-electron chi connectivity index (χ0n) is 8.57. The van der Waals surface area contributed by atoms with Crippen LogP contribution in [0.1, 0.15) is 25.7 Å². The Bertz CT molecular complexity index is 324. The van der Waals surface area contributed by atoms with Gasteiger partial charge in [0.25, 0.3) is 0 Å². The van der Waals surface area contributed by atoms with Crippen molar-refractivity contribution in [2.45, 2.75) is 25.7 Å². The van der Waals surface area contributed by atoms with Gasteiger partial charge in [0.1, 0.15) is 0 Å². The molecule has 0 aromatic heterocycles. The average molecular weight is 206 g/mol. The monoisotopic (exact) mass is 206 g/mol. The van der Waals surface area contributed by atoms with Crippen molar-refractivity contribution >= 4 is 11.9 Å². The van der Waals surface area contributed by atoms with Crippen molar-refractivity contribution < 1.29 is 14.3 Å². The van der Waals surface area contributed by atoms with E-state index in [1.54, 1.807) is 6.08 Å². The van der Waals surface area contributed by atoms with E-state index in [0.717, 1.165) is 25.7 Å². The molecule has 1 aliphatic heterocycles. The van der Waals surface area contributed by atoms with Gasteiger partial charge in [0.15, 0.2) is 0 Å². The molecule has 0 fully saturated rings. The van der Waals surface area contributed by atoms with Crippen LogP contribution in [0.4, 0.5) is 0 Å². The highest BCUT2D eigenvalue weighted by Crippen LogP contribution is 2.10. The molecule has 0 amide bonds. The predicted octanol–water partition coefficient (Wildman–Crippen LogP) is 2.30. The molecule has 3 nitrogen and oxygen atoms in total. The van der Waals surface area contributed by atoms with E-state index >= 15 is 0 Å². The first-order chi connectivity index (χ1) is 7.24. The Kier molecular flexibility index (Phi) is 4.54. The molecule has 0 N–H and O–H groups in total. The van der Waals surface area contributed by atoms with E-state index in [9.17, 15) is 9.59 Å². The Hall–Kier alpha value is -1.64. The minimum atomic E-state index is -0.577. The SMILES string of the molecule is C=CCCCCC=CC1=CC(=O)OC1=O. The van der Waals surface area contributed by atoms with Gasteiger partial charge in [-0.25, -0.2) is 9.59 Å². The Morgan fingerprint density at radius 2 is 2.00 bits per heavy atom. The molecule has 0 radical (unpaired) electrons. The number of ether oxygens (including phenoxy) is 1. The summed E-state index contributed by atoms with van der Waals surface area (Å²) in [6.45, 7) is 3.63. The number of hydrogen-bond donors (Lipinski definition) is 0. The van der Waals surface area contributed by atoms with Crippen molar-refractivity contribution in [2.75, 3.05) is 0 Å². The summed E-state index contributed by atoms with van der Waals surface area (Å²) in [5.74, 6) is -1.13. The van der Waals surface area contributed by atoms with Gasteiger partial charge < -0.3 is 4.74 Å². The van der Waals surface area contributed by atoms with Gasteiger partial charge in [-0.05, 0) is 25.7 Å². The molecular formula is C12H14O3. The topological polar surface area (TPSA) is 43.4 Å². The summed E-state index contributed by atoms with van der Waals surface area (Å²) < 4.78 is 4.33. The standard InChI is InChI=1S/C12H14O3/c1-2-3-4-5-6-7-8-10-9-11(13)15-12(10)14/h2,7-9H,1,3-6H2. The third-order valence-corrected chi connectivity index (χ3v) is 2.03. The molecule has 1 aliphatic rings. The lowest BCUT2D eigenvalue weighted by Gasteiger charge is -1.92. The normalized spacial score (nSPS) is 15.6. The van der Waals surface area contributed by atoms with Crippen molar-refractivity contribution in [3.63, 3.8) is 0 Å². The lowest BCUT2D eigenvalue weighted by Crippen LogP contribution is -2.00. The van der Waals surface area contributed by atoms with Gasteiger partial charge in [-0.1, -0.05) is 18.2 Å². The number of carbonyl (C=O) groups excluding carboxylic acids is 2. The van der Waals surface area contributed by atoms with E-state index in [2.05, 4.69) is 11.3 Å². The highest BCUT2D eigenvalue weighted by atomic mass is 16.6. The summed E-state index contributed by atoms with van der Waals surface area (Å²) in [6.07, 6.45) is 10.7. The van der Waals surface area contributed by atoms with Gasteiger partial charge in [0, 0.05) is 6.08 Å². The summed E-state index contributed by atoms with van der Waals surface area (Å²) in [6, 6.07) is 0. The number of allylic oxidation sites excluding steroid dienone is 2. The highest BCUT2D eigenvalue weighted by molar-refractivity contribution is 6.10.